The van der Waals surface area contributed by atoms with Crippen molar-refractivity contribution in [1.29, 1.82) is 0 Å². The van der Waals surface area contributed by atoms with Gasteiger partial charge in [-0.05, 0) is 32.1 Å². The SMILES string of the molecule is CCOCCc1nc2c([nH]1)CC(C)CC2. The molecule has 0 aliphatic heterocycles. The Hall–Kier alpha value is -0.830. The third-order valence-corrected chi connectivity index (χ3v) is 3.03. The normalized spacial score (nSPS) is 20.3. The Morgan fingerprint density at radius 2 is 2.40 bits per heavy atom. The Labute approximate surface area is 91.3 Å². The van der Waals surface area contributed by atoms with Crippen molar-refractivity contribution in [2.24, 2.45) is 5.92 Å². The van der Waals surface area contributed by atoms with Gasteiger partial charge in [-0.1, -0.05) is 6.92 Å². The number of ether oxygens (including phenoxy) is 1. The molecule has 3 nitrogen and oxygen atoms in total. The quantitative estimate of drug-likeness (QED) is 0.770. The summed E-state index contributed by atoms with van der Waals surface area (Å²) < 4.78 is 5.33. The first-order valence-electron chi connectivity index (χ1n) is 5.94. The second kappa shape index (κ2) is 4.79. The molecule has 3 heteroatoms. The molecule has 1 heterocycles. The summed E-state index contributed by atoms with van der Waals surface area (Å²) in [5.41, 5.74) is 2.65. The zero-order valence-electron chi connectivity index (χ0n) is 9.68. The lowest BCUT2D eigenvalue weighted by Crippen LogP contribution is -2.10. The molecule has 1 aliphatic rings. The Morgan fingerprint density at radius 3 is 3.20 bits per heavy atom. The number of nitrogens with one attached hydrogen (secondary N) is 1. The van der Waals surface area contributed by atoms with Gasteiger partial charge in [0.05, 0.1) is 12.3 Å². The monoisotopic (exact) mass is 208 g/mol. The maximum atomic E-state index is 5.33. The topological polar surface area (TPSA) is 37.9 Å². The maximum absolute atomic E-state index is 5.33. The number of imidazole rings is 1. The minimum atomic E-state index is 0.776. The molecule has 2 rings (SSSR count). The standard InChI is InChI=1S/C12H20N2O/c1-3-15-7-6-12-13-10-5-4-9(2)8-11(10)14-12/h9H,3-8H2,1-2H3,(H,13,14). The van der Waals surface area contributed by atoms with Crippen molar-refractivity contribution in [3.63, 3.8) is 0 Å². The summed E-state index contributed by atoms with van der Waals surface area (Å²) in [7, 11) is 0. The zero-order valence-corrected chi connectivity index (χ0v) is 9.68. The first-order chi connectivity index (χ1) is 7.29. The smallest absolute Gasteiger partial charge is 0.108 e. The van der Waals surface area contributed by atoms with Crippen molar-refractivity contribution < 1.29 is 4.74 Å². The van der Waals surface area contributed by atoms with Crippen molar-refractivity contribution >= 4 is 0 Å². The van der Waals surface area contributed by atoms with Crippen LogP contribution < -0.4 is 0 Å². The van der Waals surface area contributed by atoms with Crippen LogP contribution in [0.2, 0.25) is 0 Å². The van der Waals surface area contributed by atoms with E-state index in [0.29, 0.717) is 0 Å². The molecule has 0 fully saturated rings. The van der Waals surface area contributed by atoms with Crippen LogP contribution in [0.15, 0.2) is 0 Å². The molecule has 0 amide bonds. The predicted octanol–water partition coefficient (Wildman–Crippen LogP) is 2.11. The van der Waals surface area contributed by atoms with E-state index in [2.05, 4.69) is 16.9 Å². The fraction of sp³-hybridized carbons (Fsp3) is 0.750. The van der Waals surface area contributed by atoms with Crippen LogP contribution >= 0.6 is 0 Å². The molecule has 1 unspecified atom stereocenters. The van der Waals surface area contributed by atoms with E-state index in [1.807, 2.05) is 6.92 Å². The van der Waals surface area contributed by atoms with Crippen molar-refractivity contribution in [1.82, 2.24) is 9.97 Å². The van der Waals surface area contributed by atoms with Crippen LogP contribution in [0.5, 0.6) is 0 Å². The molecule has 0 saturated carbocycles. The molecule has 1 aromatic rings. The molecule has 0 bridgehead atoms. The molecule has 1 atom stereocenters. The average molecular weight is 208 g/mol. The first kappa shape index (κ1) is 10.7. The average Bonchev–Trinajstić information content (AvgIpc) is 2.60. The fourth-order valence-corrected chi connectivity index (χ4v) is 2.15. The van der Waals surface area contributed by atoms with Crippen LogP contribution in [-0.4, -0.2) is 23.2 Å². The van der Waals surface area contributed by atoms with Crippen molar-refractivity contribution in [2.75, 3.05) is 13.2 Å². The van der Waals surface area contributed by atoms with Gasteiger partial charge in [0.25, 0.3) is 0 Å². The molecular formula is C12H20N2O. The van der Waals surface area contributed by atoms with Gasteiger partial charge in [0.1, 0.15) is 5.82 Å². The van der Waals surface area contributed by atoms with Gasteiger partial charge < -0.3 is 9.72 Å². The molecule has 84 valence electrons. The third kappa shape index (κ3) is 2.59. The minimum Gasteiger partial charge on any atom is -0.381 e. The molecular weight excluding hydrogens is 188 g/mol. The Balaban J connectivity index is 1.96. The lowest BCUT2D eigenvalue weighted by Gasteiger charge is -2.15. The van der Waals surface area contributed by atoms with E-state index in [1.165, 1.54) is 17.8 Å². The Kier molecular flexibility index (Phi) is 3.41. The number of aromatic nitrogens is 2. The van der Waals surface area contributed by atoms with E-state index < -0.39 is 0 Å². The molecule has 0 radical (unpaired) electrons. The molecule has 0 spiro atoms. The Bertz CT molecular complexity index is 319. The molecule has 0 aromatic carbocycles. The molecule has 1 aromatic heterocycles. The van der Waals surface area contributed by atoms with Gasteiger partial charge in [-0.15, -0.1) is 0 Å². The Morgan fingerprint density at radius 1 is 1.53 bits per heavy atom. The van der Waals surface area contributed by atoms with Crippen LogP contribution in [0, 0.1) is 5.92 Å². The number of hydrogen-bond donors (Lipinski definition) is 1. The number of nitrogens with zero attached hydrogens (tertiary/aromatic N) is 1. The number of aryl methyl sites for hydroxylation is 1. The highest BCUT2D eigenvalue weighted by atomic mass is 16.5. The molecule has 0 saturated heterocycles. The van der Waals surface area contributed by atoms with E-state index in [9.17, 15) is 0 Å². The van der Waals surface area contributed by atoms with E-state index in [0.717, 1.165) is 44.2 Å². The summed E-state index contributed by atoms with van der Waals surface area (Å²) in [6.07, 6.45) is 4.50. The predicted molar refractivity (Wildman–Crippen MR) is 60.0 cm³/mol. The van der Waals surface area contributed by atoms with E-state index >= 15 is 0 Å². The van der Waals surface area contributed by atoms with Gasteiger partial charge in [0.15, 0.2) is 0 Å². The fourth-order valence-electron chi connectivity index (χ4n) is 2.15. The zero-order chi connectivity index (χ0) is 10.7. The van der Waals surface area contributed by atoms with Crippen molar-refractivity contribution in [3.8, 4) is 0 Å². The van der Waals surface area contributed by atoms with Crippen LogP contribution in [0.1, 0.15) is 37.5 Å². The summed E-state index contributed by atoms with van der Waals surface area (Å²) in [5, 5.41) is 0. The second-order valence-electron chi connectivity index (χ2n) is 4.40. The molecule has 15 heavy (non-hydrogen) atoms. The summed E-state index contributed by atoms with van der Waals surface area (Å²) >= 11 is 0. The second-order valence-corrected chi connectivity index (χ2v) is 4.40. The van der Waals surface area contributed by atoms with Crippen LogP contribution in [0.25, 0.3) is 0 Å². The van der Waals surface area contributed by atoms with Gasteiger partial charge >= 0.3 is 0 Å². The lowest BCUT2D eigenvalue weighted by molar-refractivity contribution is 0.149. The highest BCUT2D eigenvalue weighted by molar-refractivity contribution is 5.18. The number of hydrogen-bond acceptors (Lipinski definition) is 2. The van der Waals surface area contributed by atoms with Gasteiger partial charge in [-0.25, -0.2) is 4.98 Å². The lowest BCUT2D eigenvalue weighted by atomic mass is 9.92. The summed E-state index contributed by atoms with van der Waals surface area (Å²) in [6, 6.07) is 0. The third-order valence-electron chi connectivity index (χ3n) is 3.03. The largest absolute Gasteiger partial charge is 0.381 e. The minimum absolute atomic E-state index is 0.776. The van der Waals surface area contributed by atoms with Crippen LogP contribution in [0.4, 0.5) is 0 Å². The van der Waals surface area contributed by atoms with Gasteiger partial charge in [0, 0.05) is 18.7 Å². The molecule has 1 aliphatic carbocycles. The number of rotatable bonds is 4. The molecule has 1 N–H and O–H groups in total. The number of H-pyrrole nitrogens is 1. The first-order valence-corrected chi connectivity index (χ1v) is 5.94. The van der Waals surface area contributed by atoms with Crippen LogP contribution in [-0.2, 0) is 24.0 Å². The summed E-state index contributed by atoms with van der Waals surface area (Å²) in [6.45, 7) is 5.90. The highest BCUT2D eigenvalue weighted by Gasteiger charge is 2.18. The van der Waals surface area contributed by atoms with Gasteiger partial charge in [-0.3, -0.25) is 0 Å². The van der Waals surface area contributed by atoms with Gasteiger partial charge in [-0.2, -0.15) is 0 Å². The summed E-state index contributed by atoms with van der Waals surface area (Å²) in [5.74, 6) is 1.90. The summed E-state index contributed by atoms with van der Waals surface area (Å²) in [4.78, 5) is 8.05. The van der Waals surface area contributed by atoms with E-state index in [4.69, 9.17) is 4.74 Å². The van der Waals surface area contributed by atoms with Gasteiger partial charge in [0.2, 0.25) is 0 Å². The highest BCUT2D eigenvalue weighted by Crippen LogP contribution is 2.23. The van der Waals surface area contributed by atoms with Crippen LogP contribution in [0.3, 0.4) is 0 Å². The van der Waals surface area contributed by atoms with Crippen molar-refractivity contribution in [3.05, 3.63) is 17.2 Å². The van der Waals surface area contributed by atoms with E-state index in [-0.39, 0.29) is 0 Å². The maximum Gasteiger partial charge on any atom is 0.108 e. The van der Waals surface area contributed by atoms with Crippen molar-refractivity contribution in [2.45, 2.75) is 39.5 Å². The number of aromatic amines is 1. The van der Waals surface area contributed by atoms with E-state index in [1.54, 1.807) is 0 Å². The number of fused-ring (bicyclic) bond motifs is 1.